The fraction of sp³-hybridized carbons (Fsp3) is 0.333. The van der Waals surface area contributed by atoms with E-state index in [1.54, 1.807) is 6.08 Å². The Morgan fingerprint density at radius 2 is 2.40 bits per heavy atom. The van der Waals surface area contributed by atoms with E-state index in [9.17, 15) is 0 Å². The number of ether oxygens (including phenoxy) is 2. The van der Waals surface area contributed by atoms with E-state index in [0.717, 1.165) is 18.0 Å². The van der Waals surface area contributed by atoms with Crippen LogP contribution < -0.4 is 10.1 Å². The van der Waals surface area contributed by atoms with Crippen LogP contribution in [0.15, 0.2) is 36.9 Å². The lowest BCUT2D eigenvalue weighted by Gasteiger charge is -2.26. The Morgan fingerprint density at radius 3 is 3.27 bits per heavy atom. The van der Waals surface area contributed by atoms with Crippen molar-refractivity contribution >= 4 is 5.69 Å². The number of benzene rings is 1. The summed E-state index contributed by atoms with van der Waals surface area (Å²) in [5.74, 6) is 0.899. The predicted molar refractivity (Wildman–Crippen MR) is 60.4 cm³/mol. The maximum atomic E-state index is 5.76. The van der Waals surface area contributed by atoms with Crippen LogP contribution in [0.25, 0.3) is 0 Å². The molecule has 1 aromatic carbocycles. The third-order valence-corrected chi connectivity index (χ3v) is 2.24. The molecule has 0 saturated heterocycles. The van der Waals surface area contributed by atoms with Crippen molar-refractivity contribution in [1.29, 1.82) is 0 Å². The summed E-state index contributed by atoms with van der Waals surface area (Å²) in [7, 11) is 0. The summed E-state index contributed by atoms with van der Waals surface area (Å²) in [5.41, 5.74) is 1.05. The van der Waals surface area contributed by atoms with Gasteiger partial charge in [0.05, 0.1) is 25.4 Å². The second kappa shape index (κ2) is 4.84. The highest BCUT2D eigenvalue weighted by Gasteiger charge is 2.18. The third-order valence-electron chi connectivity index (χ3n) is 2.24. The van der Waals surface area contributed by atoms with Gasteiger partial charge in [-0.25, -0.2) is 0 Å². The van der Waals surface area contributed by atoms with Crippen LogP contribution in [0.3, 0.4) is 0 Å². The Bertz CT molecular complexity index is 338. The smallest absolute Gasteiger partial charge is 0.143 e. The van der Waals surface area contributed by atoms with Gasteiger partial charge in [-0.3, -0.25) is 0 Å². The molecule has 15 heavy (non-hydrogen) atoms. The van der Waals surface area contributed by atoms with E-state index in [0.29, 0.717) is 13.2 Å². The molecule has 3 nitrogen and oxygen atoms in total. The maximum Gasteiger partial charge on any atom is 0.143 e. The van der Waals surface area contributed by atoms with Crippen molar-refractivity contribution in [2.24, 2.45) is 0 Å². The Labute approximate surface area is 89.7 Å². The van der Waals surface area contributed by atoms with Crippen molar-refractivity contribution < 1.29 is 9.47 Å². The normalized spacial score (nSPS) is 18.5. The second-order valence-electron chi connectivity index (χ2n) is 3.44. The molecule has 0 spiro atoms. The summed E-state index contributed by atoms with van der Waals surface area (Å²) < 4.78 is 11.1. The SMILES string of the molecule is C=CCOCC1CNc2ccccc2O1. The van der Waals surface area contributed by atoms with Crippen LogP contribution in [0, 0.1) is 0 Å². The van der Waals surface area contributed by atoms with Crippen LogP contribution in [0.4, 0.5) is 5.69 Å². The number of anilines is 1. The van der Waals surface area contributed by atoms with E-state index < -0.39 is 0 Å². The van der Waals surface area contributed by atoms with Crippen molar-refractivity contribution in [3.8, 4) is 5.75 Å². The number of hydrogen-bond donors (Lipinski definition) is 1. The molecule has 0 bridgehead atoms. The molecule has 1 unspecified atom stereocenters. The van der Waals surface area contributed by atoms with Crippen LogP contribution in [0.2, 0.25) is 0 Å². The molecule has 0 saturated carbocycles. The van der Waals surface area contributed by atoms with E-state index in [4.69, 9.17) is 9.47 Å². The van der Waals surface area contributed by atoms with Crippen LogP contribution >= 0.6 is 0 Å². The molecule has 0 radical (unpaired) electrons. The molecule has 1 atom stereocenters. The Balaban J connectivity index is 1.91. The highest BCUT2D eigenvalue weighted by atomic mass is 16.5. The molecule has 1 aliphatic heterocycles. The molecule has 3 heteroatoms. The summed E-state index contributed by atoms with van der Waals surface area (Å²) in [6, 6.07) is 7.93. The lowest BCUT2D eigenvalue weighted by atomic mass is 10.2. The number of nitrogens with one attached hydrogen (secondary N) is 1. The van der Waals surface area contributed by atoms with E-state index in [2.05, 4.69) is 11.9 Å². The lowest BCUT2D eigenvalue weighted by Crippen LogP contribution is -2.34. The highest BCUT2D eigenvalue weighted by molar-refractivity contribution is 5.57. The molecule has 1 N–H and O–H groups in total. The molecular weight excluding hydrogens is 190 g/mol. The van der Waals surface area contributed by atoms with Crippen molar-refractivity contribution in [3.05, 3.63) is 36.9 Å². The van der Waals surface area contributed by atoms with Gasteiger partial charge in [0.25, 0.3) is 0 Å². The van der Waals surface area contributed by atoms with E-state index in [-0.39, 0.29) is 6.10 Å². The molecule has 0 fully saturated rings. The minimum atomic E-state index is 0.0832. The number of fused-ring (bicyclic) bond motifs is 1. The predicted octanol–water partition coefficient (Wildman–Crippen LogP) is 2.06. The summed E-state index contributed by atoms with van der Waals surface area (Å²) in [4.78, 5) is 0. The third kappa shape index (κ3) is 2.50. The van der Waals surface area contributed by atoms with Gasteiger partial charge in [-0.15, -0.1) is 6.58 Å². The molecule has 1 heterocycles. The summed E-state index contributed by atoms with van der Waals surface area (Å²) in [6.07, 6.45) is 1.82. The monoisotopic (exact) mass is 205 g/mol. The standard InChI is InChI=1S/C12H15NO2/c1-2-7-14-9-10-8-13-11-5-3-4-6-12(11)15-10/h2-6,10,13H,1,7-9H2. The Morgan fingerprint density at radius 1 is 1.53 bits per heavy atom. The van der Waals surface area contributed by atoms with Crippen molar-refractivity contribution in [1.82, 2.24) is 0 Å². The van der Waals surface area contributed by atoms with Crippen LogP contribution in [-0.4, -0.2) is 25.9 Å². The second-order valence-corrected chi connectivity index (χ2v) is 3.44. The largest absolute Gasteiger partial charge is 0.484 e. The van der Waals surface area contributed by atoms with E-state index in [1.807, 2.05) is 24.3 Å². The Hall–Kier alpha value is -1.48. The molecule has 0 aromatic heterocycles. The zero-order chi connectivity index (χ0) is 10.5. The summed E-state index contributed by atoms with van der Waals surface area (Å²) >= 11 is 0. The molecule has 1 aliphatic rings. The fourth-order valence-electron chi connectivity index (χ4n) is 1.54. The average Bonchev–Trinajstić information content (AvgIpc) is 2.29. The molecule has 1 aromatic rings. The first-order valence-electron chi connectivity index (χ1n) is 5.08. The van der Waals surface area contributed by atoms with Gasteiger partial charge in [0.15, 0.2) is 0 Å². The summed E-state index contributed by atoms with van der Waals surface area (Å²) in [5, 5.41) is 3.31. The van der Waals surface area contributed by atoms with Gasteiger partial charge < -0.3 is 14.8 Å². The molecular formula is C12H15NO2. The van der Waals surface area contributed by atoms with Gasteiger partial charge in [0, 0.05) is 0 Å². The maximum absolute atomic E-state index is 5.76. The zero-order valence-electron chi connectivity index (χ0n) is 8.61. The number of rotatable bonds is 4. The highest BCUT2D eigenvalue weighted by Crippen LogP contribution is 2.27. The van der Waals surface area contributed by atoms with Crippen LogP contribution in [0.1, 0.15) is 0 Å². The first kappa shape index (κ1) is 10.1. The van der Waals surface area contributed by atoms with Crippen molar-refractivity contribution in [2.75, 3.05) is 25.1 Å². The van der Waals surface area contributed by atoms with E-state index >= 15 is 0 Å². The van der Waals surface area contributed by atoms with Crippen LogP contribution in [-0.2, 0) is 4.74 Å². The Kier molecular flexibility index (Phi) is 3.25. The molecule has 0 aliphatic carbocycles. The first-order chi connectivity index (χ1) is 7.40. The van der Waals surface area contributed by atoms with Gasteiger partial charge >= 0.3 is 0 Å². The molecule has 0 amide bonds. The topological polar surface area (TPSA) is 30.5 Å². The molecule has 2 rings (SSSR count). The minimum Gasteiger partial charge on any atom is -0.484 e. The first-order valence-corrected chi connectivity index (χ1v) is 5.08. The van der Waals surface area contributed by atoms with Gasteiger partial charge in [-0.05, 0) is 12.1 Å². The van der Waals surface area contributed by atoms with Crippen molar-refractivity contribution in [2.45, 2.75) is 6.10 Å². The van der Waals surface area contributed by atoms with Crippen LogP contribution in [0.5, 0.6) is 5.75 Å². The van der Waals surface area contributed by atoms with Gasteiger partial charge in [-0.1, -0.05) is 18.2 Å². The van der Waals surface area contributed by atoms with Gasteiger partial charge in [0.1, 0.15) is 11.9 Å². The molecule has 80 valence electrons. The number of hydrogen-bond acceptors (Lipinski definition) is 3. The minimum absolute atomic E-state index is 0.0832. The lowest BCUT2D eigenvalue weighted by molar-refractivity contribution is 0.0675. The van der Waals surface area contributed by atoms with Crippen molar-refractivity contribution in [3.63, 3.8) is 0 Å². The fourth-order valence-corrected chi connectivity index (χ4v) is 1.54. The number of para-hydroxylation sites is 2. The average molecular weight is 205 g/mol. The van der Waals surface area contributed by atoms with Gasteiger partial charge in [-0.2, -0.15) is 0 Å². The van der Waals surface area contributed by atoms with E-state index in [1.165, 1.54) is 0 Å². The quantitative estimate of drug-likeness (QED) is 0.603. The summed E-state index contributed by atoms with van der Waals surface area (Å²) in [6.45, 7) is 5.55. The zero-order valence-corrected chi connectivity index (χ0v) is 8.61. The van der Waals surface area contributed by atoms with Gasteiger partial charge in [0.2, 0.25) is 0 Å².